The third-order valence-corrected chi connectivity index (χ3v) is 3.21. The Morgan fingerprint density at radius 3 is 2.94 bits per heavy atom. The molecule has 0 aliphatic carbocycles. The first-order valence-corrected chi connectivity index (χ1v) is 6.46. The second kappa shape index (κ2) is 6.71. The molecule has 0 aromatic carbocycles. The molecule has 0 saturated carbocycles. The van der Waals surface area contributed by atoms with Crippen LogP contribution in [0.1, 0.15) is 31.7 Å². The van der Waals surface area contributed by atoms with Crippen molar-refractivity contribution in [2.75, 3.05) is 5.32 Å². The molecule has 17 heavy (non-hydrogen) atoms. The van der Waals surface area contributed by atoms with Crippen LogP contribution in [0.25, 0.3) is 0 Å². The average molecular weight is 300 g/mol. The normalized spacial score (nSPS) is 12.2. The summed E-state index contributed by atoms with van der Waals surface area (Å²) in [5, 5.41) is 2.77. The van der Waals surface area contributed by atoms with Crippen LogP contribution in [0.15, 0.2) is 16.7 Å². The van der Waals surface area contributed by atoms with E-state index in [1.807, 2.05) is 19.9 Å². The smallest absolute Gasteiger partial charge is 0.225 e. The van der Waals surface area contributed by atoms with Gasteiger partial charge in [0.25, 0.3) is 0 Å². The number of amides is 1. The van der Waals surface area contributed by atoms with E-state index < -0.39 is 0 Å². The Morgan fingerprint density at radius 2 is 2.35 bits per heavy atom. The fourth-order valence-corrected chi connectivity index (χ4v) is 1.61. The minimum absolute atomic E-state index is 0.0140. The molecule has 5 heteroatoms. The van der Waals surface area contributed by atoms with Crippen LogP contribution < -0.4 is 11.1 Å². The number of rotatable bonds is 5. The van der Waals surface area contributed by atoms with E-state index in [0.717, 1.165) is 22.9 Å². The zero-order valence-corrected chi connectivity index (χ0v) is 11.8. The van der Waals surface area contributed by atoms with Crippen LogP contribution in [0.4, 0.5) is 5.82 Å². The summed E-state index contributed by atoms with van der Waals surface area (Å²) in [7, 11) is 0. The fraction of sp³-hybridized carbons (Fsp3) is 0.500. The van der Waals surface area contributed by atoms with Gasteiger partial charge in [-0.15, -0.1) is 0 Å². The van der Waals surface area contributed by atoms with E-state index >= 15 is 0 Å². The molecular weight excluding hydrogens is 282 g/mol. The van der Waals surface area contributed by atoms with Crippen molar-refractivity contribution in [3.8, 4) is 0 Å². The van der Waals surface area contributed by atoms with Gasteiger partial charge >= 0.3 is 0 Å². The topological polar surface area (TPSA) is 68.0 Å². The summed E-state index contributed by atoms with van der Waals surface area (Å²) in [4.78, 5) is 15.7. The maximum Gasteiger partial charge on any atom is 0.225 e. The number of aromatic nitrogens is 1. The molecule has 1 amide bonds. The number of nitrogens with one attached hydrogen (secondary N) is 1. The SMILES string of the molecule is Cc1cc(NC(=O)CCCC(C)N)ncc1Br. The quantitative estimate of drug-likeness (QED) is 0.878. The first-order valence-electron chi connectivity index (χ1n) is 5.66. The monoisotopic (exact) mass is 299 g/mol. The first kappa shape index (κ1) is 14.1. The Morgan fingerprint density at radius 1 is 1.65 bits per heavy atom. The van der Waals surface area contributed by atoms with E-state index in [-0.39, 0.29) is 11.9 Å². The van der Waals surface area contributed by atoms with Gasteiger partial charge in [-0.2, -0.15) is 0 Å². The van der Waals surface area contributed by atoms with Crippen molar-refractivity contribution in [1.29, 1.82) is 0 Å². The van der Waals surface area contributed by atoms with Crippen molar-refractivity contribution in [3.05, 3.63) is 22.3 Å². The number of pyridine rings is 1. The standard InChI is InChI=1S/C12H18BrN3O/c1-8-6-11(15-7-10(8)13)16-12(17)5-3-4-9(2)14/h6-7,9H,3-5,14H2,1-2H3,(H,15,16,17). The Hall–Kier alpha value is -0.940. The predicted molar refractivity (Wildman–Crippen MR) is 72.8 cm³/mol. The molecule has 1 aromatic heterocycles. The van der Waals surface area contributed by atoms with Crippen LogP contribution in [0, 0.1) is 6.92 Å². The van der Waals surface area contributed by atoms with Gasteiger partial charge in [0, 0.05) is 23.1 Å². The van der Waals surface area contributed by atoms with Gasteiger partial charge in [-0.3, -0.25) is 4.79 Å². The van der Waals surface area contributed by atoms with Gasteiger partial charge in [0.05, 0.1) is 0 Å². The molecule has 1 aromatic rings. The predicted octanol–water partition coefficient (Wildman–Crippen LogP) is 2.61. The molecule has 0 saturated heterocycles. The molecule has 0 aliphatic heterocycles. The molecule has 1 unspecified atom stereocenters. The van der Waals surface area contributed by atoms with Crippen molar-refractivity contribution in [2.45, 2.75) is 39.2 Å². The Kier molecular flexibility index (Phi) is 5.58. The zero-order chi connectivity index (χ0) is 12.8. The van der Waals surface area contributed by atoms with E-state index in [2.05, 4.69) is 26.2 Å². The second-order valence-corrected chi connectivity index (χ2v) is 5.09. The second-order valence-electron chi connectivity index (χ2n) is 4.24. The maximum atomic E-state index is 11.6. The molecule has 0 radical (unpaired) electrons. The Labute approximate surface area is 110 Å². The summed E-state index contributed by atoms with van der Waals surface area (Å²) in [6.45, 7) is 3.90. The van der Waals surface area contributed by atoms with Crippen LogP contribution in [0.3, 0.4) is 0 Å². The van der Waals surface area contributed by atoms with Crippen molar-refractivity contribution < 1.29 is 4.79 Å². The first-order chi connectivity index (χ1) is 7.99. The number of aryl methyl sites for hydroxylation is 1. The minimum atomic E-state index is -0.0140. The largest absolute Gasteiger partial charge is 0.328 e. The molecule has 1 heterocycles. The number of halogens is 1. The third kappa shape index (κ3) is 5.28. The van der Waals surface area contributed by atoms with E-state index in [4.69, 9.17) is 5.73 Å². The fourth-order valence-electron chi connectivity index (χ4n) is 1.40. The summed E-state index contributed by atoms with van der Waals surface area (Å²) < 4.78 is 0.937. The highest BCUT2D eigenvalue weighted by atomic mass is 79.9. The van der Waals surface area contributed by atoms with E-state index in [1.54, 1.807) is 6.20 Å². The molecule has 0 spiro atoms. The van der Waals surface area contributed by atoms with Crippen molar-refractivity contribution in [3.63, 3.8) is 0 Å². The zero-order valence-electron chi connectivity index (χ0n) is 10.2. The summed E-state index contributed by atoms with van der Waals surface area (Å²) in [6.07, 6.45) is 3.84. The van der Waals surface area contributed by atoms with Gasteiger partial charge < -0.3 is 11.1 Å². The molecule has 1 rings (SSSR count). The van der Waals surface area contributed by atoms with Gasteiger partial charge in [0.2, 0.25) is 5.91 Å². The molecular formula is C12H18BrN3O. The van der Waals surface area contributed by atoms with Crippen molar-refractivity contribution in [1.82, 2.24) is 4.98 Å². The summed E-state index contributed by atoms with van der Waals surface area (Å²) >= 11 is 3.36. The molecule has 0 aliphatic rings. The van der Waals surface area contributed by atoms with Crippen molar-refractivity contribution >= 4 is 27.7 Å². The lowest BCUT2D eigenvalue weighted by molar-refractivity contribution is -0.116. The highest BCUT2D eigenvalue weighted by Crippen LogP contribution is 2.17. The number of anilines is 1. The molecule has 94 valence electrons. The van der Waals surface area contributed by atoms with E-state index in [1.165, 1.54) is 0 Å². The lowest BCUT2D eigenvalue weighted by Crippen LogP contribution is -2.17. The van der Waals surface area contributed by atoms with Crippen LogP contribution in [0.2, 0.25) is 0 Å². The van der Waals surface area contributed by atoms with E-state index in [0.29, 0.717) is 12.2 Å². The van der Waals surface area contributed by atoms with Crippen LogP contribution in [-0.4, -0.2) is 16.9 Å². The average Bonchev–Trinajstić information content (AvgIpc) is 2.23. The lowest BCUT2D eigenvalue weighted by atomic mass is 10.1. The summed E-state index contributed by atoms with van der Waals surface area (Å²) in [5.41, 5.74) is 6.67. The van der Waals surface area contributed by atoms with Crippen LogP contribution >= 0.6 is 15.9 Å². The number of hydrogen-bond acceptors (Lipinski definition) is 3. The van der Waals surface area contributed by atoms with Crippen LogP contribution in [-0.2, 0) is 4.79 Å². The maximum absolute atomic E-state index is 11.6. The molecule has 3 N–H and O–H groups in total. The number of nitrogens with zero attached hydrogens (tertiary/aromatic N) is 1. The third-order valence-electron chi connectivity index (χ3n) is 2.38. The minimum Gasteiger partial charge on any atom is -0.328 e. The number of nitrogens with two attached hydrogens (primary N) is 1. The van der Waals surface area contributed by atoms with Gasteiger partial charge in [-0.25, -0.2) is 4.98 Å². The Balaban J connectivity index is 2.42. The lowest BCUT2D eigenvalue weighted by Gasteiger charge is -2.07. The Bertz CT molecular complexity index is 393. The molecule has 4 nitrogen and oxygen atoms in total. The summed E-state index contributed by atoms with van der Waals surface area (Å²) in [5.74, 6) is 0.580. The molecule has 0 bridgehead atoms. The highest BCUT2D eigenvalue weighted by molar-refractivity contribution is 9.10. The van der Waals surface area contributed by atoms with Crippen LogP contribution in [0.5, 0.6) is 0 Å². The van der Waals surface area contributed by atoms with Gasteiger partial charge in [0.1, 0.15) is 5.82 Å². The molecule has 0 fully saturated rings. The van der Waals surface area contributed by atoms with Gasteiger partial charge in [-0.1, -0.05) is 0 Å². The number of carbonyl (C=O) groups is 1. The summed E-state index contributed by atoms with van der Waals surface area (Å²) in [6, 6.07) is 1.99. The number of carbonyl (C=O) groups excluding carboxylic acids is 1. The van der Waals surface area contributed by atoms with Gasteiger partial charge in [-0.05, 0) is 54.2 Å². The van der Waals surface area contributed by atoms with Crippen molar-refractivity contribution in [2.24, 2.45) is 5.73 Å². The van der Waals surface area contributed by atoms with E-state index in [9.17, 15) is 4.79 Å². The van der Waals surface area contributed by atoms with Gasteiger partial charge in [0.15, 0.2) is 0 Å². The molecule has 1 atom stereocenters. The highest BCUT2D eigenvalue weighted by Gasteiger charge is 2.05. The number of hydrogen-bond donors (Lipinski definition) is 2.